The molecule has 0 unspecified atom stereocenters. The van der Waals surface area contributed by atoms with Gasteiger partial charge in [-0.2, -0.15) is 0 Å². The molecule has 29 heavy (non-hydrogen) atoms. The van der Waals surface area contributed by atoms with Crippen LogP contribution < -0.4 is 9.46 Å². The molecule has 150 valence electrons. The first-order valence-corrected chi connectivity index (χ1v) is 10.4. The van der Waals surface area contributed by atoms with Crippen LogP contribution in [0.25, 0.3) is 0 Å². The normalized spacial score (nSPS) is 11.2. The lowest BCUT2D eigenvalue weighted by molar-refractivity contribution is 0.103. The molecule has 7 nitrogen and oxygen atoms in total. The maximum Gasteiger partial charge on any atom is 0.261 e. The molecule has 0 saturated carbocycles. The molecule has 3 aromatic rings. The van der Waals surface area contributed by atoms with Gasteiger partial charge in [-0.15, -0.1) is 0 Å². The lowest BCUT2D eigenvalue weighted by Crippen LogP contribution is -2.17. The Labute approximate surface area is 173 Å². The Kier molecular flexibility index (Phi) is 5.86. The van der Waals surface area contributed by atoms with Crippen LogP contribution in [0.4, 0.5) is 5.69 Å². The van der Waals surface area contributed by atoms with Gasteiger partial charge in [-0.3, -0.25) is 9.52 Å². The first-order valence-electron chi connectivity index (χ1n) is 8.52. The van der Waals surface area contributed by atoms with Crippen LogP contribution in [-0.4, -0.2) is 31.3 Å². The third-order valence-electron chi connectivity index (χ3n) is 4.31. The minimum atomic E-state index is -3.97. The molecule has 0 aliphatic rings. The Bertz CT molecular complexity index is 1200. The van der Waals surface area contributed by atoms with E-state index in [2.05, 4.69) is 14.7 Å². The van der Waals surface area contributed by atoms with E-state index in [1.165, 1.54) is 37.7 Å². The summed E-state index contributed by atoms with van der Waals surface area (Å²) >= 11 is 6.00. The summed E-state index contributed by atoms with van der Waals surface area (Å²) in [6.07, 6.45) is 2.75. The minimum Gasteiger partial charge on any atom is -0.480 e. The van der Waals surface area contributed by atoms with Gasteiger partial charge in [-0.25, -0.2) is 18.4 Å². The van der Waals surface area contributed by atoms with Crippen LogP contribution >= 0.6 is 11.6 Å². The Hall–Kier alpha value is -2.97. The van der Waals surface area contributed by atoms with Gasteiger partial charge in [-0.1, -0.05) is 17.7 Å². The van der Waals surface area contributed by atoms with Crippen LogP contribution in [0.5, 0.6) is 5.88 Å². The molecule has 1 N–H and O–H groups in total. The van der Waals surface area contributed by atoms with Crippen molar-refractivity contribution >= 4 is 33.1 Å². The van der Waals surface area contributed by atoms with Crippen molar-refractivity contribution in [3.05, 3.63) is 76.2 Å². The first-order chi connectivity index (χ1) is 13.7. The zero-order valence-corrected chi connectivity index (χ0v) is 17.5. The summed E-state index contributed by atoms with van der Waals surface area (Å²) in [7, 11) is -2.58. The quantitative estimate of drug-likeness (QED) is 0.596. The first kappa shape index (κ1) is 20.8. The van der Waals surface area contributed by atoms with Crippen molar-refractivity contribution in [3.63, 3.8) is 0 Å². The van der Waals surface area contributed by atoms with E-state index in [4.69, 9.17) is 16.3 Å². The number of benzene rings is 1. The number of nitrogens with zero attached hydrogens (tertiary/aromatic N) is 2. The van der Waals surface area contributed by atoms with Crippen molar-refractivity contribution in [1.82, 2.24) is 9.97 Å². The molecule has 0 aliphatic carbocycles. The highest BCUT2D eigenvalue weighted by atomic mass is 35.5. The standard InChI is InChI=1S/C20H18ClN3O4S/c1-12-6-7-15(9-13(12)2)29(26,27)24-17-10-14(21)11-23-18(17)19(25)16-5-4-8-22-20(16)28-3/h4-11,24H,1-3H3. The van der Waals surface area contributed by atoms with Crippen LogP contribution in [0.2, 0.25) is 5.02 Å². The number of ketones is 1. The average Bonchev–Trinajstić information content (AvgIpc) is 2.69. The zero-order chi connectivity index (χ0) is 21.2. The Morgan fingerprint density at radius 2 is 1.86 bits per heavy atom. The predicted octanol–water partition coefficient (Wildman–Crippen LogP) is 3.79. The van der Waals surface area contributed by atoms with Crippen LogP contribution in [-0.2, 0) is 10.0 Å². The summed E-state index contributed by atoms with van der Waals surface area (Å²) in [5.41, 5.74) is 1.79. The van der Waals surface area contributed by atoms with Crippen molar-refractivity contribution in [1.29, 1.82) is 0 Å². The van der Waals surface area contributed by atoms with Gasteiger partial charge in [0.1, 0.15) is 5.69 Å². The summed E-state index contributed by atoms with van der Waals surface area (Å²) < 4.78 is 33.3. The molecule has 3 rings (SSSR count). The van der Waals surface area contributed by atoms with Gasteiger partial charge in [0.2, 0.25) is 11.7 Å². The summed E-state index contributed by atoms with van der Waals surface area (Å²) in [5.74, 6) is -0.443. The number of ether oxygens (including phenoxy) is 1. The highest BCUT2D eigenvalue weighted by Crippen LogP contribution is 2.27. The van der Waals surface area contributed by atoms with Gasteiger partial charge in [0.15, 0.2) is 0 Å². The van der Waals surface area contributed by atoms with Crippen molar-refractivity contribution in [2.45, 2.75) is 18.7 Å². The summed E-state index contributed by atoms with van der Waals surface area (Å²) in [4.78, 5) is 21.1. The van der Waals surface area contributed by atoms with E-state index < -0.39 is 15.8 Å². The number of rotatable bonds is 6. The van der Waals surface area contributed by atoms with E-state index in [1.54, 1.807) is 18.2 Å². The molecule has 0 radical (unpaired) electrons. The van der Waals surface area contributed by atoms with Gasteiger partial charge in [0.05, 0.1) is 28.3 Å². The molecule has 0 bridgehead atoms. The summed E-state index contributed by atoms with van der Waals surface area (Å²) in [6.45, 7) is 3.71. The second-order valence-electron chi connectivity index (χ2n) is 6.29. The van der Waals surface area contributed by atoms with Gasteiger partial charge >= 0.3 is 0 Å². The van der Waals surface area contributed by atoms with Crippen molar-refractivity contribution in [2.24, 2.45) is 0 Å². The smallest absolute Gasteiger partial charge is 0.261 e. The third kappa shape index (κ3) is 4.38. The van der Waals surface area contributed by atoms with Crippen molar-refractivity contribution < 1.29 is 17.9 Å². The predicted molar refractivity (Wildman–Crippen MR) is 110 cm³/mol. The topological polar surface area (TPSA) is 98.2 Å². The molecule has 0 aliphatic heterocycles. The number of carbonyl (C=O) groups is 1. The fraction of sp³-hybridized carbons (Fsp3) is 0.150. The number of aromatic nitrogens is 2. The molecule has 2 heterocycles. The number of methoxy groups -OCH3 is 1. The number of carbonyl (C=O) groups excluding carboxylic acids is 1. The summed E-state index contributed by atoms with van der Waals surface area (Å²) in [6, 6.07) is 9.20. The molecule has 0 atom stereocenters. The van der Waals surface area contributed by atoms with Gasteiger partial charge < -0.3 is 4.74 Å². The van der Waals surface area contributed by atoms with E-state index in [-0.39, 0.29) is 32.7 Å². The van der Waals surface area contributed by atoms with Crippen molar-refractivity contribution in [3.8, 4) is 5.88 Å². The second-order valence-corrected chi connectivity index (χ2v) is 8.41. The molecular weight excluding hydrogens is 414 g/mol. The molecule has 0 saturated heterocycles. The monoisotopic (exact) mass is 431 g/mol. The highest BCUT2D eigenvalue weighted by Gasteiger charge is 2.24. The molecule has 0 fully saturated rings. The number of aryl methyl sites for hydroxylation is 2. The number of hydrogen-bond donors (Lipinski definition) is 1. The number of hydrogen-bond acceptors (Lipinski definition) is 6. The van der Waals surface area contributed by atoms with Crippen LogP contribution in [0.1, 0.15) is 27.2 Å². The highest BCUT2D eigenvalue weighted by molar-refractivity contribution is 7.92. The Morgan fingerprint density at radius 3 is 2.55 bits per heavy atom. The van der Waals surface area contributed by atoms with Crippen LogP contribution in [0, 0.1) is 13.8 Å². The maximum atomic E-state index is 13.0. The van der Waals surface area contributed by atoms with E-state index in [0.717, 1.165) is 11.1 Å². The summed E-state index contributed by atoms with van der Waals surface area (Å²) in [5, 5.41) is 0.178. The number of anilines is 1. The molecule has 1 aromatic carbocycles. The minimum absolute atomic E-state index is 0.0355. The molecule has 0 amide bonds. The second kappa shape index (κ2) is 8.18. The van der Waals surface area contributed by atoms with Crippen molar-refractivity contribution in [2.75, 3.05) is 11.8 Å². The largest absolute Gasteiger partial charge is 0.480 e. The lowest BCUT2D eigenvalue weighted by atomic mass is 10.1. The van der Waals surface area contributed by atoms with Crippen LogP contribution in [0.15, 0.2) is 53.7 Å². The van der Waals surface area contributed by atoms with E-state index in [9.17, 15) is 13.2 Å². The lowest BCUT2D eigenvalue weighted by Gasteiger charge is -2.13. The van der Waals surface area contributed by atoms with Gasteiger partial charge in [0.25, 0.3) is 10.0 Å². The third-order valence-corrected chi connectivity index (χ3v) is 5.88. The fourth-order valence-corrected chi connectivity index (χ4v) is 3.94. The molecule has 0 spiro atoms. The number of halogens is 1. The number of sulfonamides is 1. The maximum absolute atomic E-state index is 13.0. The van der Waals surface area contributed by atoms with Crippen LogP contribution in [0.3, 0.4) is 0 Å². The van der Waals surface area contributed by atoms with E-state index in [0.29, 0.717) is 0 Å². The number of nitrogens with one attached hydrogen (secondary N) is 1. The average molecular weight is 432 g/mol. The Morgan fingerprint density at radius 1 is 1.10 bits per heavy atom. The molecule has 9 heteroatoms. The zero-order valence-electron chi connectivity index (χ0n) is 15.9. The molecular formula is C20H18ClN3O4S. The van der Waals surface area contributed by atoms with Gasteiger partial charge in [0, 0.05) is 12.4 Å². The fourth-order valence-electron chi connectivity index (χ4n) is 2.64. The SMILES string of the molecule is COc1ncccc1C(=O)c1ncc(Cl)cc1NS(=O)(=O)c1ccc(C)c(C)c1. The van der Waals surface area contributed by atoms with Gasteiger partial charge in [-0.05, 0) is 55.3 Å². The van der Waals surface area contributed by atoms with E-state index >= 15 is 0 Å². The molecule has 2 aromatic heterocycles. The van der Waals surface area contributed by atoms with E-state index in [1.807, 2.05) is 13.8 Å². The number of pyridine rings is 2. The Balaban J connectivity index is 2.05.